The molecule has 5 heteroatoms. The van der Waals surface area contributed by atoms with Gasteiger partial charge >= 0.3 is 0 Å². The monoisotopic (exact) mass is 286 g/mol. The summed E-state index contributed by atoms with van der Waals surface area (Å²) >= 11 is 5.97. The Labute approximate surface area is 122 Å². The third kappa shape index (κ3) is 2.16. The van der Waals surface area contributed by atoms with Gasteiger partial charge in [0.15, 0.2) is 5.65 Å². The Kier molecular flexibility index (Phi) is 3.40. The summed E-state index contributed by atoms with van der Waals surface area (Å²) in [5.74, 6) is 1.92. The molecule has 0 amide bonds. The molecule has 102 valence electrons. The van der Waals surface area contributed by atoms with E-state index >= 15 is 0 Å². The van der Waals surface area contributed by atoms with E-state index in [1.807, 2.05) is 29.5 Å². The van der Waals surface area contributed by atoms with Crippen molar-refractivity contribution in [1.82, 2.24) is 19.6 Å². The number of aryl methyl sites for hydroxylation is 1. The second-order valence-electron chi connectivity index (χ2n) is 4.75. The van der Waals surface area contributed by atoms with Gasteiger partial charge in [-0.05, 0) is 18.9 Å². The van der Waals surface area contributed by atoms with Gasteiger partial charge in [0.2, 0.25) is 0 Å². The Balaban J connectivity index is 2.18. The molecule has 0 aliphatic carbocycles. The summed E-state index contributed by atoms with van der Waals surface area (Å²) in [6.45, 7) is 4.07. The predicted molar refractivity (Wildman–Crippen MR) is 79.1 cm³/mol. The normalized spacial score (nSPS) is 12.8. The number of hydrogen-bond acceptors (Lipinski definition) is 3. The molecule has 0 fully saturated rings. The fourth-order valence-corrected chi connectivity index (χ4v) is 2.78. The fourth-order valence-electron chi connectivity index (χ4n) is 2.56. The maximum Gasteiger partial charge on any atom is 0.165 e. The van der Waals surface area contributed by atoms with Crippen molar-refractivity contribution in [3.8, 4) is 0 Å². The Bertz CT molecular complexity index is 736. The molecule has 3 aromatic rings. The van der Waals surface area contributed by atoms with E-state index in [9.17, 15) is 0 Å². The Morgan fingerprint density at radius 3 is 2.65 bits per heavy atom. The lowest BCUT2D eigenvalue weighted by molar-refractivity contribution is 0.697. The van der Waals surface area contributed by atoms with Crippen molar-refractivity contribution in [3.63, 3.8) is 0 Å². The van der Waals surface area contributed by atoms with E-state index in [0.29, 0.717) is 5.15 Å². The highest BCUT2D eigenvalue weighted by Crippen LogP contribution is 2.27. The molecule has 0 bridgehead atoms. The zero-order valence-corrected chi connectivity index (χ0v) is 12.2. The number of aromatic nitrogens is 4. The van der Waals surface area contributed by atoms with Gasteiger partial charge in [-0.3, -0.25) is 4.40 Å². The van der Waals surface area contributed by atoms with Gasteiger partial charge in [-0.25, -0.2) is 4.98 Å². The Morgan fingerprint density at radius 1 is 1.20 bits per heavy atom. The third-order valence-corrected chi connectivity index (χ3v) is 3.67. The first-order valence-electron chi connectivity index (χ1n) is 6.63. The summed E-state index contributed by atoms with van der Waals surface area (Å²) in [4.78, 5) is 4.29. The molecule has 2 heterocycles. The summed E-state index contributed by atoms with van der Waals surface area (Å²) in [5.41, 5.74) is 1.98. The van der Waals surface area contributed by atoms with E-state index in [1.165, 1.54) is 5.56 Å². The molecule has 20 heavy (non-hydrogen) atoms. The van der Waals surface area contributed by atoms with Gasteiger partial charge in [0.05, 0.1) is 0 Å². The zero-order chi connectivity index (χ0) is 14.1. The maximum atomic E-state index is 5.97. The number of nitrogens with zero attached hydrogens (tertiary/aromatic N) is 4. The first kappa shape index (κ1) is 13.1. The number of hydrogen-bond donors (Lipinski definition) is 0. The topological polar surface area (TPSA) is 43.1 Å². The van der Waals surface area contributed by atoms with Crippen LogP contribution >= 0.6 is 11.6 Å². The molecule has 0 saturated carbocycles. The van der Waals surface area contributed by atoms with Gasteiger partial charge < -0.3 is 0 Å². The minimum absolute atomic E-state index is 0.202. The summed E-state index contributed by atoms with van der Waals surface area (Å²) in [6.07, 6.45) is 0.951. The lowest BCUT2D eigenvalue weighted by atomic mass is 9.96. The van der Waals surface area contributed by atoms with Gasteiger partial charge in [0.1, 0.15) is 16.8 Å². The summed E-state index contributed by atoms with van der Waals surface area (Å²) in [5, 5.41) is 9.03. The molecule has 0 aliphatic heterocycles. The Hall–Kier alpha value is -1.94. The quantitative estimate of drug-likeness (QED) is 0.691. The van der Waals surface area contributed by atoms with Gasteiger partial charge in [-0.2, -0.15) is 0 Å². The SMILES string of the molecule is CCC(c1ccccc1)c1nnc2cc(Cl)nc(C)n12. The van der Waals surface area contributed by atoms with Gasteiger partial charge in [-0.15, -0.1) is 10.2 Å². The standard InChI is InChI=1S/C15H15ClN4/c1-3-12(11-7-5-4-6-8-11)15-19-18-14-9-13(16)17-10(2)20(14)15/h4-9,12H,3H2,1-2H3. The molecule has 0 aliphatic rings. The van der Waals surface area contributed by atoms with Crippen LogP contribution in [0, 0.1) is 6.92 Å². The van der Waals surface area contributed by atoms with Crippen LogP contribution in [0.2, 0.25) is 5.15 Å². The average Bonchev–Trinajstić information content (AvgIpc) is 2.85. The minimum atomic E-state index is 0.202. The lowest BCUT2D eigenvalue weighted by Gasteiger charge is -2.14. The number of halogens is 1. The van der Waals surface area contributed by atoms with Gasteiger partial charge in [-0.1, -0.05) is 48.9 Å². The number of benzene rings is 1. The van der Waals surface area contributed by atoms with E-state index in [0.717, 1.165) is 23.7 Å². The van der Waals surface area contributed by atoms with Crippen LogP contribution in [0.1, 0.15) is 36.5 Å². The minimum Gasteiger partial charge on any atom is -0.266 e. The molecule has 0 spiro atoms. The number of fused-ring (bicyclic) bond motifs is 1. The highest BCUT2D eigenvalue weighted by molar-refractivity contribution is 6.29. The van der Waals surface area contributed by atoms with Crippen molar-refractivity contribution < 1.29 is 0 Å². The van der Waals surface area contributed by atoms with Crippen LogP contribution in [0.5, 0.6) is 0 Å². The van der Waals surface area contributed by atoms with Crippen molar-refractivity contribution >= 4 is 17.2 Å². The van der Waals surface area contributed by atoms with E-state index in [1.54, 1.807) is 6.07 Å². The second kappa shape index (κ2) is 5.21. The van der Waals surface area contributed by atoms with Crippen LogP contribution in [0.4, 0.5) is 0 Å². The van der Waals surface area contributed by atoms with E-state index < -0.39 is 0 Å². The van der Waals surface area contributed by atoms with Crippen LogP contribution in [0.25, 0.3) is 5.65 Å². The molecule has 4 nitrogen and oxygen atoms in total. The first-order valence-corrected chi connectivity index (χ1v) is 7.01. The van der Waals surface area contributed by atoms with Crippen molar-refractivity contribution in [2.24, 2.45) is 0 Å². The molecule has 0 radical (unpaired) electrons. The average molecular weight is 287 g/mol. The smallest absolute Gasteiger partial charge is 0.165 e. The van der Waals surface area contributed by atoms with Crippen LogP contribution in [-0.2, 0) is 0 Å². The summed E-state index contributed by atoms with van der Waals surface area (Å²) in [7, 11) is 0. The Morgan fingerprint density at radius 2 is 1.95 bits per heavy atom. The molecular weight excluding hydrogens is 272 g/mol. The molecule has 1 atom stereocenters. The summed E-state index contributed by atoms with van der Waals surface area (Å²) in [6, 6.07) is 12.1. The maximum absolute atomic E-state index is 5.97. The van der Waals surface area contributed by atoms with Crippen LogP contribution in [-0.4, -0.2) is 19.6 Å². The molecular formula is C15H15ClN4. The van der Waals surface area contributed by atoms with Crippen LogP contribution < -0.4 is 0 Å². The molecule has 0 N–H and O–H groups in total. The second-order valence-corrected chi connectivity index (χ2v) is 5.14. The van der Waals surface area contributed by atoms with Crippen LogP contribution in [0.15, 0.2) is 36.4 Å². The highest BCUT2D eigenvalue weighted by Gasteiger charge is 2.20. The van der Waals surface area contributed by atoms with E-state index in [-0.39, 0.29) is 5.92 Å². The van der Waals surface area contributed by atoms with Gasteiger partial charge in [0, 0.05) is 12.0 Å². The van der Waals surface area contributed by atoms with Crippen molar-refractivity contribution in [1.29, 1.82) is 0 Å². The molecule has 1 aromatic carbocycles. The number of rotatable bonds is 3. The van der Waals surface area contributed by atoms with E-state index in [4.69, 9.17) is 11.6 Å². The molecule has 3 rings (SSSR count). The molecule has 1 unspecified atom stereocenters. The first-order chi connectivity index (χ1) is 9.70. The molecule has 0 saturated heterocycles. The highest BCUT2D eigenvalue weighted by atomic mass is 35.5. The lowest BCUT2D eigenvalue weighted by Crippen LogP contribution is -2.08. The third-order valence-electron chi connectivity index (χ3n) is 3.48. The zero-order valence-electron chi connectivity index (χ0n) is 11.4. The predicted octanol–water partition coefficient (Wildman–Crippen LogP) is 3.63. The van der Waals surface area contributed by atoms with Gasteiger partial charge in [0.25, 0.3) is 0 Å². The summed E-state index contributed by atoms with van der Waals surface area (Å²) < 4.78 is 1.98. The largest absolute Gasteiger partial charge is 0.266 e. The van der Waals surface area contributed by atoms with E-state index in [2.05, 4.69) is 34.2 Å². The van der Waals surface area contributed by atoms with Crippen molar-refractivity contribution in [3.05, 3.63) is 58.8 Å². The molecule has 2 aromatic heterocycles. The van der Waals surface area contributed by atoms with Crippen molar-refractivity contribution in [2.75, 3.05) is 0 Å². The van der Waals surface area contributed by atoms with Crippen LogP contribution in [0.3, 0.4) is 0 Å². The van der Waals surface area contributed by atoms with Crippen molar-refractivity contribution in [2.45, 2.75) is 26.2 Å². The fraction of sp³-hybridized carbons (Fsp3) is 0.267.